The van der Waals surface area contributed by atoms with Gasteiger partial charge in [0.15, 0.2) is 0 Å². The summed E-state index contributed by atoms with van der Waals surface area (Å²) in [6.07, 6.45) is 0.839. The van der Waals surface area contributed by atoms with Crippen LogP contribution >= 0.6 is 0 Å². The third-order valence-electron chi connectivity index (χ3n) is 3.66. The molecule has 0 aliphatic heterocycles. The van der Waals surface area contributed by atoms with Crippen molar-refractivity contribution in [3.05, 3.63) is 65.5 Å². The molecule has 0 unspecified atom stereocenters. The van der Waals surface area contributed by atoms with E-state index in [4.69, 9.17) is 4.74 Å². The van der Waals surface area contributed by atoms with Gasteiger partial charge in [0, 0.05) is 18.5 Å². The van der Waals surface area contributed by atoms with Crippen LogP contribution < -0.4 is 15.4 Å². The molecule has 0 aliphatic carbocycles. The number of nitrogens with one attached hydrogen (secondary N) is 2. The first kappa shape index (κ1) is 19.4. The normalized spacial score (nSPS) is 10.2. The Bertz CT molecular complexity index is 732. The van der Waals surface area contributed by atoms with E-state index >= 15 is 0 Å². The molecule has 0 spiro atoms. The minimum atomic E-state index is -0.385. The van der Waals surface area contributed by atoms with Crippen molar-refractivity contribution in [1.29, 1.82) is 0 Å². The van der Waals surface area contributed by atoms with Gasteiger partial charge in [-0.25, -0.2) is 4.39 Å². The van der Waals surface area contributed by atoms with E-state index in [1.54, 1.807) is 0 Å². The van der Waals surface area contributed by atoms with Crippen molar-refractivity contribution >= 4 is 11.8 Å². The van der Waals surface area contributed by atoms with Gasteiger partial charge in [0.05, 0.1) is 6.54 Å². The van der Waals surface area contributed by atoms with Crippen molar-refractivity contribution in [1.82, 2.24) is 10.6 Å². The molecule has 0 atom stereocenters. The van der Waals surface area contributed by atoms with Gasteiger partial charge in [0.25, 0.3) is 5.91 Å². The van der Waals surface area contributed by atoms with Crippen molar-refractivity contribution < 1.29 is 18.7 Å². The van der Waals surface area contributed by atoms with E-state index in [1.807, 2.05) is 31.2 Å². The summed E-state index contributed by atoms with van der Waals surface area (Å²) in [5.74, 6) is 0.0261. The molecule has 2 aromatic carbocycles. The predicted molar refractivity (Wildman–Crippen MR) is 97.7 cm³/mol. The molecule has 2 amide bonds. The molecular formula is C20H23FN2O3. The molecule has 0 saturated carbocycles. The summed E-state index contributed by atoms with van der Waals surface area (Å²) in [6.45, 7) is 3.19. The molecule has 138 valence electrons. The second-order valence-electron chi connectivity index (χ2n) is 5.88. The number of amides is 2. The summed E-state index contributed by atoms with van der Waals surface area (Å²) >= 11 is 0. The van der Waals surface area contributed by atoms with Gasteiger partial charge in [-0.3, -0.25) is 9.59 Å². The largest absolute Gasteiger partial charge is 0.492 e. The lowest BCUT2D eigenvalue weighted by Crippen LogP contribution is -2.29. The summed E-state index contributed by atoms with van der Waals surface area (Å²) in [4.78, 5) is 23.6. The molecule has 26 heavy (non-hydrogen) atoms. The van der Waals surface area contributed by atoms with Gasteiger partial charge in [-0.1, -0.05) is 12.1 Å². The van der Waals surface area contributed by atoms with Crippen LogP contribution in [0, 0.1) is 12.7 Å². The number of carbonyl (C=O) groups is 2. The average Bonchev–Trinajstić information content (AvgIpc) is 2.63. The van der Waals surface area contributed by atoms with Gasteiger partial charge in [0.2, 0.25) is 5.91 Å². The second-order valence-corrected chi connectivity index (χ2v) is 5.88. The van der Waals surface area contributed by atoms with Crippen molar-refractivity contribution in [3.8, 4) is 5.75 Å². The first-order valence-corrected chi connectivity index (χ1v) is 8.54. The van der Waals surface area contributed by atoms with Gasteiger partial charge >= 0.3 is 0 Å². The maximum atomic E-state index is 12.8. The third kappa shape index (κ3) is 6.93. The van der Waals surface area contributed by atoms with Gasteiger partial charge < -0.3 is 15.4 Å². The fraction of sp³-hybridized carbons (Fsp3) is 0.300. The maximum absolute atomic E-state index is 12.8. The smallest absolute Gasteiger partial charge is 0.251 e. The van der Waals surface area contributed by atoms with Crippen LogP contribution in [0.5, 0.6) is 5.75 Å². The zero-order valence-corrected chi connectivity index (χ0v) is 14.8. The van der Waals surface area contributed by atoms with E-state index in [-0.39, 0.29) is 17.6 Å². The van der Waals surface area contributed by atoms with Crippen LogP contribution in [-0.2, 0) is 4.79 Å². The number of hydrogen-bond acceptors (Lipinski definition) is 3. The Hall–Kier alpha value is -2.89. The molecule has 2 N–H and O–H groups in total. The van der Waals surface area contributed by atoms with E-state index in [0.29, 0.717) is 38.1 Å². The molecule has 0 aliphatic rings. The van der Waals surface area contributed by atoms with Crippen LogP contribution in [0.25, 0.3) is 0 Å². The second kappa shape index (κ2) is 10.2. The number of hydrogen-bond donors (Lipinski definition) is 2. The highest BCUT2D eigenvalue weighted by Gasteiger charge is 2.06. The molecule has 2 aromatic rings. The lowest BCUT2D eigenvalue weighted by Gasteiger charge is -2.09. The standard InChI is InChI=1S/C20H23FN2O3/c1-15-4-2-5-18(14-15)26-13-12-22-19(24)6-3-11-23-20(25)16-7-9-17(21)10-8-16/h2,4-5,7-10,14H,3,6,11-13H2,1H3,(H,22,24)(H,23,25). The topological polar surface area (TPSA) is 67.4 Å². The number of aryl methyl sites for hydroxylation is 1. The Balaban J connectivity index is 1.54. The zero-order chi connectivity index (χ0) is 18.8. The summed E-state index contributed by atoms with van der Waals surface area (Å²) in [6, 6.07) is 13.0. The Kier molecular flexibility index (Phi) is 7.61. The van der Waals surface area contributed by atoms with Crippen LogP contribution in [0.15, 0.2) is 48.5 Å². The van der Waals surface area contributed by atoms with Gasteiger partial charge in [0.1, 0.15) is 18.2 Å². The quantitative estimate of drug-likeness (QED) is 0.678. The highest BCUT2D eigenvalue weighted by molar-refractivity contribution is 5.94. The van der Waals surface area contributed by atoms with Crippen LogP contribution in [0.3, 0.4) is 0 Å². The third-order valence-corrected chi connectivity index (χ3v) is 3.66. The van der Waals surface area contributed by atoms with E-state index in [2.05, 4.69) is 10.6 Å². The summed E-state index contributed by atoms with van der Waals surface area (Å²) in [5.41, 5.74) is 1.51. The first-order chi connectivity index (χ1) is 12.5. The van der Waals surface area contributed by atoms with Crippen LogP contribution in [-0.4, -0.2) is 31.5 Å². The Morgan fingerprint density at radius 1 is 1.04 bits per heavy atom. The molecule has 0 fully saturated rings. The molecule has 0 heterocycles. The molecular weight excluding hydrogens is 335 g/mol. The molecule has 0 aromatic heterocycles. The molecule has 0 bridgehead atoms. The van der Waals surface area contributed by atoms with Gasteiger partial charge in [-0.15, -0.1) is 0 Å². The average molecular weight is 358 g/mol. The van der Waals surface area contributed by atoms with E-state index in [0.717, 1.165) is 11.3 Å². The van der Waals surface area contributed by atoms with Crippen molar-refractivity contribution in [2.75, 3.05) is 19.7 Å². The van der Waals surface area contributed by atoms with E-state index in [9.17, 15) is 14.0 Å². The monoisotopic (exact) mass is 358 g/mol. The lowest BCUT2D eigenvalue weighted by molar-refractivity contribution is -0.121. The van der Waals surface area contributed by atoms with Gasteiger partial charge in [-0.2, -0.15) is 0 Å². The fourth-order valence-corrected chi connectivity index (χ4v) is 2.31. The summed E-state index contributed by atoms with van der Waals surface area (Å²) in [7, 11) is 0. The minimum Gasteiger partial charge on any atom is -0.492 e. The Labute approximate surface area is 152 Å². The Morgan fingerprint density at radius 2 is 1.81 bits per heavy atom. The molecule has 0 radical (unpaired) electrons. The van der Waals surface area contributed by atoms with E-state index in [1.165, 1.54) is 24.3 Å². The molecule has 6 heteroatoms. The minimum absolute atomic E-state index is 0.0890. The zero-order valence-electron chi connectivity index (χ0n) is 14.8. The SMILES string of the molecule is Cc1cccc(OCCNC(=O)CCCNC(=O)c2ccc(F)cc2)c1. The van der Waals surface area contributed by atoms with Crippen LogP contribution in [0.4, 0.5) is 4.39 Å². The van der Waals surface area contributed by atoms with Gasteiger partial charge in [-0.05, 0) is 55.3 Å². The molecule has 2 rings (SSSR count). The highest BCUT2D eigenvalue weighted by Crippen LogP contribution is 2.11. The summed E-state index contributed by atoms with van der Waals surface area (Å²) < 4.78 is 18.4. The van der Waals surface area contributed by atoms with Crippen LogP contribution in [0.2, 0.25) is 0 Å². The van der Waals surface area contributed by atoms with Crippen molar-refractivity contribution in [2.45, 2.75) is 19.8 Å². The van der Waals surface area contributed by atoms with Crippen molar-refractivity contribution in [3.63, 3.8) is 0 Å². The number of carbonyl (C=O) groups excluding carboxylic acids is 2. The molecule has 5 nitrogen and oxygen atoms in total. The first-order valence-electron chi connectivity index (χ1n) is 8.54. The lowest BCUT2D eigenvalue weighted by atomic mass is 10.2. The number of benzene rings is 2. The number of rotatable bonds is 9. The Morgan fingerprint density at radius 3 is 2.54 bits per heavy atom. The number of halogens is 1. The highest BCUT2D eigenvalue weighted by atomic mass is 19.1. The number of ether oxygens (including phenoxy) is 1. The maximum Gasteiger partial charge on any atom is 0.251 e. The molecule has 0 saturated heterocycles. The fourth-order valence-electron chi connectivity index (χ4n) is 2.31. The summed E-state index contributed by atoms with van der Waals surface area (Å²) in [5, 5.41) is 5.48. The predicted octanol–water partition coefficient (Wildman–Crippen LogP) is 2.84. The van der Waals surface area contributed by atoms with Crippen LogP contribution in [0.1, 0.15) is 28.8 Å². The van der Waals surface area contributed by atoms with Crippen molar-refractivity contribution in [2.24, 2.45) is 0 Å². The van der Waals surface area contributed by atoms with E-state index < -0.39 is 0 Å².